The Hall–Kier alpha value is -2.66. The fraction of sp³-hybridized carbons (Fsp3) is 0.364. The van der Waals surface area contributed by atoms with Crippen molar-refractivity contribution in [1.82, 2.24) is 10.2 Å². The summed E-state index contributed by atoms with van der Waals surface area (Å²) in [4.78, 5) is 26.8. The first-order chi connectivity index (χ1) is 13.1. The first-order valence-electron chi connectivity index (χ1n) is 9.47. The van der Waals surface area contributed by atoms with E-state index < -0.39 is 12.1 Å². The van der Waals surface area contributed by atoms with E-state index in [-0.39, 0.29) is 5.91 Å². The maximum atomic E-state index is 12.4. The predicted octanol–water partition coefficient (Wildman–Crippen LogP) is 2.93. The van der Waals surface area contributed by atoms with Crippen molar-refractivity contribution in [2.24, 2.45) is 0 Å². The molecule has 2 aromatic carbocycles. The molecule has 1 unspecified atom stereocenters. The van der Waals surface area contributed by atoms with Gasteiger partial charge in [-0.3, -0.25) is 9.69 Å². The van der Waals surface area contributed by atoms with Crippen molar-refractivity contribution < 1.29 is 14.3 Å². The van der Waals surface area contributed by atoms with E-state index in [1.54, 1.807) is 12.1 Å². The van der Waals surface area contributed by atoms with Crippen LogP contribution in [0.15, 0.2) is 48.5 Å². The van der Waals surface area contributed by atoms with Gasteiger partial charge in [0.05, 0.1) is 5.56 Å². The summed E-state index contributed by atoms with van der Waals surface area (Å²) >= 11 is 0. The molecule has 1 amide bonds. The summed E-state index contributed by atoms with van der Waals surface area (Å²) in [6.45, 7) is 7.71. The molecule has 0 bridgehead atoms. The fourth-order valence-corrected chi connectivity index (χ4v) is 3.25. The Balaban J connectivity index is 1.54. The number of carbonyl (C=O) groups excluding carboxylic acids is 2. The van der Waals surface area contributed by atoms with Crippen molar-refractivity contribution in [3.8, 4) is 0 Å². The van der Waals surface area contributed by atoms with Crippen LogP contribution in [0.5, 0.6) is 0 Å². The number of hydrogen-bond donors (Lipinski definition) is 1. The van der Waals surface area contributed by atoms with Crippen LogP contribution in [0.3, 0.4) is 0 Å². The third kappa shape index (κ3) is 4.74. The molecule has 1 atom stereocenters. The van der Waals surface area contributed by atoms with Crippen LogP contribution in [0, 0.1) is 0 Å². The zero-order chi connectivity index (χ0) is 19.2. The zero-order valence-electron chi connectivity index (χ0n) is 15.9. The van der Waals surface area contributed by atoms with Gasteiger partial charge in [-0.25, -0.2) is 4.79 Å². The van der Waals surface area contributed by atoms with Gasteiger partial charge >= 0.3 is 5.97 Å². The van der Waals surface area contributed by atoms with Crippen LogP contribution >= 0.6 is 0 Å². The molecule has 0 saturated carbocycles. The highest BCUT2D eigenvalue weighted by Gasteiger charge is 2.30. The van der Waals surface area contributed by atoms with Gasteiger partial charge in [-0.15, -0.1) is 0 Å². The van der Waals surface area contributed by atoms with Crippen molar-refractivity contribution in [2.75, 3.05) is 13.1 Å². The minimum Gasteiger partial charge on any atom is -0.448 e. The summed E-state index contributed by atoms with van der Waals surface area (Å²) in [6, 6.07) is 15.5. The molecule has 142 valence electrons. The summed E-state index contributed by atoms with van der Waals surface area (Å²) in [5.74, 6) is -0.692. The van der Waals surface area contributed by atoms with Gasteiger partial charge in [0, 0.05) is 19.5 Å². The second kappa shape index (κ2) is 8.82. The molecule has 27 heavy (non-hydrogen) atoms. The van der Waals surface area contributed by atoms with E-state index in [0.29, 0.717) is 18.5 Å². The zero-order valence-corrected chi connectivity index (χ0v) is 15.9. The molecule has 0 fully saturated rings. The highest BCUT2D eigenvalue weighted by atomic mass is 16.5. The lowest BCUT2D eigenvalue weighted by atomic mass is 9.98. The largest absolute Gasteiger partial charge is 0.448 e. The van der Waals surface area contributed by atoms with Crippen LogP contribution in [-0.2, 0) is 29.0 Å². The van der Waals surface area contributed by atoms with E-state index in [4.69, 9.17) is 4.74 Å². The average Bonchev–Trinajstić information content (AvgIpc) is 2.71. The Morgan fingerprint density at radius 2 is 1.74 bits per heavy atom. The molecule has 3 rings (SSSR count). The van der Waals surface area contributed by atoms with E-state index in [0.717, 1.165) is 30.8 Å². The minimum absolute atomic E-state index is 0.259. The van der Waals surface area contributed by atoms with Crippen molar-refractivity contribution >= 4 is 11.9 Å². The van der Waals surface area contributed by atoms with Gasteiger partial charge in [0.15, 0.2) is 6.10 Å². The van der Waals surface area contributed by atoms with Crippen LogP contribution in [-0.4, -0.2) is 36.0 Å². The number of hydrogen-bond acceptors (Lipinski definition) is 4. The van der Waals surface area contributed by atoms with Gasteiger partial charge in [0.2, 0.25) is 0 Å². The maximum absolute atomic E-state index is 12.4. The molecule has 0 radical (unpaired) electrons. The molecular weight excluding hydrogens is 340 g/mol. The van der Waals surface area contributed by atoms with E-state index in [1.165, 1.54) is 5.56 Å². The number of cyclic esters (lactones) is 1. The summed E-state index contributed by atoms with van der Waals surface area (Å²) in [7, 11) is 0. The van der Waals surface area contributed by atoms with Gasteiger partial charge in [0.1, 0.15) is 0 Å². The number of nitrogens with zero attached hydrogens (tertiary/aromatic N) is 1. The van der Waals surface area contributed by atoms with Crippen LogP contribution in [0.25, 0.3) is 0 Å². The van der Waals surface area contributed by atoms with Gasteiger partial charge in [0.25, 0.3) is 5.91 Å². The molecule has 1 N–H and O–H groups in total. The number of carbonyl (C=O) groups is 2. The van der Waals surface area contributed by atoms with Crippen molar-refractivity contribution in [2.45, 2.75) is 39.5 Å². The molecular formula is C22H26N2O3. The second-order valence-electron chi connectivity index (χ2n) is 6.75. The Kier molecular flexibility index (Phi) is 6.24. The third-order valence-electron chi connectivity index (χ3n) is 4.97. The summed E-state index contributed by atoms with van der Waals surface area (Å²) < 4.78 is 5.29. The van der Waals surface area contributed by atoms with Gasteiger partial charge in [-0.05, 0) is 35.8 Å². The molecule has 0 spiro atoms. The Morgan fingerprint density at radius 1 is 1.07 bits per heavy atom. The van der Waals surface area contributed by atoms with Gasteiger partial charge in [-0.2, -0.15) is 0 Å². The number of nitrogens with one attached hydrogen (secondary N) is 1. The van der Waals surface area contributed by atoms with Crippen LogP contribution in [0.2, 0.25) is 0 Å². The topological polar surface area (TPSA) is 58.6 Å². The lowest BCUT2D eigenvalue weighted by Gasteiger charge is -2.23. The summed E-state index contributed by atoms with van der Waals surface area (Å²) in [5.41, 5.74) is 3.68. The number of fused-ring (bicyclic) bond motifs is 1. The monoisotopic (exact) mass is 366 g/mol. The van der Waals surface area contributed by atoms with E-state index >= 15 is 0 Å². The smallest absolute Gasteiger partial charge is 0.339 e. The minimum atomic E-state index is -0.769. The molecule has 1 aliphatic rings. The molecule has 1 aliphatic heterocycles. The van der Waals surface area contributed by atoms with Crippen molar-refractivity contribution in [3.05, 3.63) is 70.8 Å². The van der Waals surface area contributed by atoms with Crippen molar-refractivity contribution in [3.63, 3.8) is 0 Å². The third-order valence-corrected chi connectivity index (χ3v) is 4.97. The summed E-state index contributed by atoms with van der Waals surface area (Å²) in [6.07, 6.45) is -0.356. The Morgan fingerprint density at radius 3 is 2.44 bits per heavy atom. The molecule has 0 aliphatic carbocycles. The maximum Gasteiger partial charge on any atom is 0.339 e. The van der Waals surface area contributed by atoms with Crippen LogP contribution in [0.4, 0.5) is 0 Å². The Bertz CT molecular complexity index is 797. The first kappa shape index (κ1) is 19.1. The molecule has 5 nitrogen and oxygen atoms in total. The molecule has 5 heteroatoms. The van der Waals surface area contributed by atoms with E-state index in [9.17, 15) is 9.59 Å². The normalized spacial score (nSPS) is 16.0. The predicted molar refractivity (Wildman–Crippen MR) is 104 cm³/mol. The quantitative estimate of drug-likeness (QED) is 0.766. The SMILES string of the molecule is CCN(CC)Cc1ccc(CNC(=O)C2Cc3ccccc3C(=O)O2)cc1. The van der Waals surface area contributed by atoms with E-state index in [2.05, 4.69) is 36.2 Å². The highest BCUT2D eigenvalue weighted by Crippen LogP contribution is 2.20. The number of rotatable bonds is 7. The van der Waals surface area contributed by atoms with Gasteiger partial charge < -0.3 is 10.1 Å². The first-order valence-corrected chi connectivity index (χ1v) is 9.47. The number of esters is 1. The fourth-order valence-electron chi connectivity index (χ4n) is 3.25. The molecule has 2 aromatic rings. The van der Waals surface area contributed by atoms with Crippen LogP contribution < -0.4 is 5.32 Å². The average molecular weight is 366 g/mol. The number of amides is 1. The standard InChI is InChI=1S/C22H26N2O3/c1-3-24(4-2)15-17-11-9-16(10-12-17)14-23-21(25)20-13-18-7-5-6-8-19(18)22(26)27-20/h5-12,20H,3-4,13-15H2,1-2H3,(H,23,25). The second-order valence-corrected chi connectivity index (χ2v) is 6.75. The van der Waals surface area contributed by atoms with E-state index in [1.807, 2.05) is 24.3 Å². The van der Waals surface area contributed by atoms with Crippen LogP contribution in [0.1, 0.15) is 40.9 Å². The lowest BCUT2D eigenvalue weighted by Crippen LogP contribution is -2.41. The van der Waals surface area contributed by atoms with Crippen molar-refractivity contribution in [1.29, 1.82) is 0 Å². The molecule has 1 heterocycles. The summed E-state index contributed by atoms with van der Waals surface area (Å²) in [5, 5.41) is 2.88. The highest BCUT2D eigenvalue weighted by molar-refractivity contribution is 5.95. The Labute approximate surface area is 160 Å². The number of benzene rings is 2. The molecule has 0 saturated heterocycles. The van der Waals surface area contributed by atoms with Gasteiger partial charge in [-0.1, -0.05) is 56.3 Å². The lowest BCUT2D eigenvalue weighted by molar-refractivity contribution is -0.130. The number of ether oxygens (including phenoxy) is 1. The molecule has 0 aromatic heterocycles.